The second-order valence-electron chi connectivity index (χ2n) is 7.66. The van der Waals surface area contributed by atoms with Crippen molar-refractivity contribution in [2.24, 2.45) is 0 Å². The number of aliphatic hydroxyl groups excluding tert-OH is 5. The van der Waals surface area contributed by atoms with Gasteiger partial charge in [0, 0.05) is 12.3 Å². The molecule has 3 rings (SSSR count). The summed E-state index contributed by atoms with van der Waals surface area (Å²) in [6.45, 7) is 0.250. The van der Waals surface area contributed by atoms with Crippen LogP contribution in [-0.4, -0.2) is 100 Å². The Morgan fingerprint density at radius 2 is 1.63 bits per heavy atom. The Morgan fingerprint density at radius 1 is 0.971 bits per heavy atom. The third-order valence-corrected chi connectivity index (χ3v) is 7.72. The van der Waals surface area contributed by atoms with Gasteiger partial charge in [0.25, 0.3) is 5.56 Å². The van der Waals surface area contributed by atoms with Gasteiger partial charge < -0.3 is 44.8 Å². The molecule has 2 unspecified atom stereocenters. The summed E-state index contributed by atoms with van der Waals surface area (Å²) in [5.41, 5.74) is -1.72. The Kier molecular flexibility index (Phi) is 8.52. The first-order valence-electron chi connectivity index (χ1n) is 9.84. The molecule has 8 N–H and O–H groups in total. The van der Waals surface area contributed by atoms with Crippen LogP contribution >= 0.6 is 15.6 Å². The number of hydrogen-bond donors (Lipinski definition) is 8. The van der Waals surface area contributed by atoms with Crippen molar-refractivity contribution in [3.05, 3.63) is 33.1 Å². The summed E-state index contributed by atoms with van der Waals surface area (Å²) in [7, 11) is -10.9. The number of aromatic nitrogens is 2. The number of rotatable bonds is 8. The molecule has 0 saturated carbocycles. The molecule has 2 aliphatic heterocycles. The van der Waals surface area contributed by atoms with E-state index in [0.29, 0.717) is 0 Å². The molecule has 18 nitrogen and oxygen atoms in total. The van der Waals surface area contributed by atoms with E-state index in [1.165, 1.54) is 6.92 Å². The SMILES string of the molecule is C[C@@H]1O[C@@H](OP(=O)(O)OP(=O)(O)OC[C@H]2O[C@@H](n3ccc(=O)[nH]c3=O)[C@H](O)[C@@H]2O)[C@H](O)[C@H](O)[C@H]1O. The zero-order chi connectivity index (χ0) is 26.3. The van der Waals surface area contributed by atoms with Crippen LogP contribution in [0.25, 0.3) is 0 Å². The molecular weight excluding hydrogens is 526 g/mol. The van der Waals surface area contributed by atoms with Crippen molar-refractivity contribution < 1.29 is 67.3 Å². The van der Waals surface area contributed by atoms with Gasteiger partial charge in [0.05, 0.1) is 12.7 Å². The van der Waals surface area contributed by atoms with Crippen molar-refractivity contribution in [1.82, 2.24) is 9.55 Å². The third-order valence-electron chi connectivity index (χ3n) is 5.12. The Balaban J connectivity index is 1.61. The largest absolute Gasteiger partial charge is 0.483 e. The van der Waals surface area contributed by atoms with E-state index < -0.39 is 88.7 Å². The zero-order valence-corrected chi connectivity index (χ0v) is 19.5. The smallest absolute Gasteiger partial charge is 0.388 e. The first-order valence-corrected chi connectivity index (χ1v) is 12.8. The van der Waals surface area contributed by atoms with E-state index in [-0.39, 0.29) is 0 Å². The van der Waals surface area contributed by atoms with E-state index in [0.717, 1.165) is 16.8 Å². The van der Waals surface area contributed by atoms with E-state index in [9.17, 15) is 54.0 Å². The fourth-order valence-corrected chi connectivity index (χ4v) is 5.45. The number of H-pyrrole nitrogens is 1. The van der Waals surface area contributed by atoms with Gasteiger partial charge >= 0.3 is 21.3 Å². The molecule has 0 aliphatic carbocycles. The van der Waals surface area contributed by atoms with Gasteiger partial charge in [-0.2, -0.15) is 4.31 Å². The lowest BCUT2D eigenvalue weighted by atomic mass is 10.0. The molecule has 2 aliphatic rings. The summed E-state index contributed by atoms with van der Waals surface area (Å²) in [4.78, 5) is 44.5. The van der Waals surface area contributed by atoms with Gasteiger partial charge in [0.1, 0.15) is 36.6 Å². The average Bonchev–Trinajstić information content (AvgIpc) is 3.02. The topological polar surface area (TPSA) is 277 Å². The van der Waals surface area contributed by atoms with Gasteiger partial charge in [-0.3, -0.25) is 23.4 Å². The minimum atomic E-state index is -5.50. The van der Waals surface area contributed by atoms with Crippen molar-refractivity contribution in [2.45, 2.75) is 62.2 Å². The molecule has 0 aromatic carbocycles. The van der Waals surface area contributed by atoms with E-state index in [1.54, 1.807) is 0 Å². The van der Waals surface area contributed by atoms with E-state index in [2.05, 4.69) is 13.4 Å². The molecule has 3 heterocycles. The van der Waals surface area contributed by atoms with Gasteiger partial charge in [0.15, 0.2) is 12.5 Å². The van der Waals surface area contributed by atoms with Gasteiger partial charge in [-0.05, 0) is 6.92 Å². The highest BCUT2D eigenvalue weighted by Crippen LogP contribution is 2.61. The van der Waals surface area contributed by atoms with Crippen LogP contribution in [0, 0.1) is 0 Å². The number of aliphatic hydroxyl groups is 5. The van der Waals surface area contributed by atoms with Gasteiger partial charge in [0.2, 0.25) is 0 Å². The van der Waals surface area contributed by atoms with Crippen molar-refractivity contribution in [3.8, 4) is 0 Å². The summed E-state index contributed by atoms with van der Waals surface area (Å²) >= 11 is 0. The normalized spacial score (nSPS) is 39.1. The Hall–Kier alpha value is -1.34. The molecule has 200 valence electrons. The lowest BCUT2D eigenvalue weighted by Gasteiger charge is -2.38. The van der Waals surface area contributed by atoms with Crippen LogP contribution < -0.4 is 11.2 Å². The van der Waals surface area contributed by atoms with Gasteiger partial charge in [-0.1, -0.05) is 0 Å². The third kappa shape index (κ3) is 6.51. The molecule has 1 aromatic heterocycles. The molecule has 0 bridgehead atoms. The monoisotopic (exact) mass is 550 g/mol. The van der Waals surface area contributed by atoms with Crippen LogP contribution in [0.2, 0.25) is 0 Å². The van der Waals surface area contributed by atoms with Crippen molar-refractivity contribution in [3.63, 3.8) is 0 Å². The number of aromatic amines is 1. The number of phosphoric ester groups is 2. The second kappa shape index (κ2) is 10.6. The molecule has 20 heteroatoms. The molecule has 2 saturated heterocycles. The number of ether oxygens (including phenoxy) is 2. The molecule has 2 fully saturated rings. The molecule has 0 amide bonds. The first kappa shape index (κ1) is 28.2. The summed E-state index contributed by atoms with van der Waals surface area (Å²) in [5.74, 6) is 0. The van der Waals surface area contributed by atoms with Gasteiger partial charge in [-0.25, -0.2) is 13.9 Å². The number of phosphoric acid groups is 2. The molecular formula is C15H24N2O16P2. The second-order valence-corrected chi connectivity index (χ2v) is 10.7. The lowest BCUT2D eigenvalue weighted by Crippen LogP contribution is -2.57. The predicted molar refractivity (Wildman–Crippen MR) is 107 cm³/mol. The quantitative estimate of drug-likeness (QED) is 0.144. The highest BCUT2D eigenvalue weighted by molar-refractivity contribution is 7.61. The maximum atomic E-state index is 12.1. The summed E-state index contributed by atoms with van der Waals surface area (Å²) < 4.78 is 48.3. The number of nitrogens with zero attached hydrogens (tertiary/aromatic N) is 1. The molecule has 11 atom stereocenters. The average molecular weight is 550 g/mol. The Bertz CT molecular complexity index is 1110. The van der Waals surface area contributed by atoms with Crippen molar-refractivity contribution in [1.29, 1.82) is 0 Å². The summed E-state index contributed by atoms with van der Waals surface area (Å²) in [6, 6.07) is 0.940. The summed E-state index contributed by atoms with van der Waals surface area (Å²) in [5, 5.41) is 49.4. The fraction of sp³-hybridized carbons (Fsp3) is 0.733. The minimum absolute atomic E-state index is 0.737. The van der Waals surface area contributed by atoms with Gasteiger partial charge in [-0.15, -0.1) is 0 Å². The number of hydrogen-bond acceptors (Lipinski definition) is 14. The lowest BCUT2D eigenvalue weighted by molar-refractivity contribution is -0.271. The van der Waals surface area contributed by atoms with Crippen LogP contribution in [0.3, 0.4) is 0 Å². The maximum absolute atomic E-state index is 12.1. The maximum Gasteiger partial charge on any atom is 0.483 e. The van der Waals surface area contributed by atoms with Crippen LogP contribution in [0.15, 0.2) is 21.9 Å². The van der Waals surface area contributed by atoms with Crippen LogP contribution in [0.1, 0.15) is 13.2 Å². The fourth-order valence-electron chi connectivity index (χ4n) is 3.30. The van der Waals surface area contributed by atoms with E-state index in [4.69, 9.17) is 9.47 Å². The minimum Gasteiger partial charge on any atom is -0.388 e. The van der Waals surface area contributed by atoms with Crippen LogP contribution in [-0.2, 0) is 32.0 Å². The van der Waals surface area contributed by atoms with Crippen LogP contribution in [0.4, 0.5) is 0 Å². The standard InChI is InChI=1S/C15H24N2O16P2/c1-5-8(19)10(21)12(23)14(30-5)32-35(27,28)33-34(25,26)29-4-6-9(20)11(22)13(31-6)17-3-2-7(18)16-15(17)24/h2-3,5-6,8-14,19-23H,4H2,1H3,(H,25,26)(H,27,28)(H,16,18,24)/t5-,6+,8-,9+,10+,11+,12+,13+,14-/m0/s1. The zero-order valence-electron chi connectivity index (χ0n) is 17.7. The van der Waals surface area contributed by atoms with Crippen molar-refractivity contribution in [2.75, 3.05) is 6.61 Å². The molecule has 35 heavy (non-hydrogen) atoms. The highest BCUT2D eigenvalue weighted by Gasteiger charge is 2.49. The van der Waals surface area contributed by atoms with Crippen molar-refractivity contribution >= 4 is 15.6 Å². The summed E-state index contributed by atoms with van der Waals surface area (Å²) in [6.07, 6.45) is -14.2. The van der Waals surface area contributed by atoms with E-state index >= 15 is 0 Å². The predicted octanol–water partition coefficient (Wildman–Crippen LogP) is -3.77. The number of nitrogens with one attached hydrogen (secondary N) is 1. The molecule has 0 spiro atoms. The molecule has 1 aromatic rings. The Labute approximate surface area is 195 Å². The van der Waals surface area contributed by atoms with E-state index in [1.807, 2.05) is 4.98 Å². The Morgan fingerprint density at radius 3 is 2.26 bits per heavy atom. The highest BCUT2D eigenvalue weighted by atomic mass is 31.3. The van der Waals surface area contributed by atoms with Crippen LogP contribution in [0.5, 0.6) is 0 Å². The first-order chi connectivity index (χ1) is 16.1. The molecule has 0 radical (unpaired) electrons.